The minimum Gasteiger partial charge on any atom is -0.495 e. The van der Waals surface area contributed by atoms with E-state index < -0.39 is 5.79 Å². The minimum atomic E-state index is -1.02. The van der Waals surface area contributed by atoms with Crippen molar-refractivity contribution in [1.82, 2.24) is 9.55 Å². The Kier molecular flexibility index (Phi) is 9.85. The van der Waals surface area contributed by atoms with Gasteiger partial charge in [0, 0.05) is 33.6 Å². The zero-order valence-corrected chi connectivity index (χ0v) is 21.0. The average Bonchev–Trinajstić information content (AvgIpc) is 3.38. The highest BCUT2D eigenvalue weighted by Gasteiger charge is 2.45. The summed E-state index contributed by atoms with van der Waals surface area (Å²) in [4.78, 5) is 5.16. The molecule has 1 fully saturated rings. The molecule has 174 valence electrons. The summed E-state index contributed by atoms with van der Waals surface area (Å²) in [5, 5.41) is 1.06. The SMILES string of the molecule is COc1cc(SCC2COC(Cn3ccnc3)(c3ccc(Cl)cc3Cl)O2)ccc1N.Cl.Cl. The number of nitrogen functional groups attached to an aromatic ring is 1. The van der Waals surface area contributed by atoms with E-state index in [2.05, 4.69) is 4.98 Å². The van der Waals surface area contributed by atoms with Crippen LogP contribution in [0, 0.1) is 0 Å². The van der Waals surface area contributed by atoms with Gasteiger partial charge in [0.05, 0.1) is 43.4 Å². The molecule has 0 radical (unpaired) electrons. The van der Waals surface area contributed by atoms with Gasteiger partial charge in [-0.15, -0.1) is 36.6 Å². The Morgan fingerprint density at radius 3 is 2.75 bits per heavy atom. The Morgan fingerprint density at radius 1 is 1.25 bits per heavy atom. The third-order valence-electron chi connectivity index (χ3n) is 4.79. The van der Waals surface area contributed by atoms with Gasteiger partial charge in [-0.2, -0.15) is 0 Å². The van der Waals surface area contributed by atoms with Gasteiger partial charge in [0.2, 0.25) is 5.79 Å². The fourth-order valence-electron chi connectivity index (χ4n) is 3.35. The number of hydrogen-bond acceptors (Lipinski definition) is 6. The summed E-state index contributed by atoms with van der Waals surface area (Å²) in [5.74, 6) is 0.335. The molecule has 32 heavy (non-hydrogen) atoms. The molecule has 11 heteroatoms. The second-order valence-electron chi connectivity index (χ2n) is 6.88. The number of methoxy groups -OCH3 is 1. The minimum absolute atomic E-state index is 0. The van der Waals surface area contributed by atoms with Crippen molar-refractivity contribution < 1.29 is 14.2 Å². The van der Waals surface area contributed by atoms with Gasteiger partial charge in [-0.05, 0) is 30.3 Å². The molecule has 4 rings (SSSR count). The molecule has 0 spiro atoms. The van der Waals surface area contributed by atoms with Crippen LogP contribution in [0.3, 0.4) is 0 Å². The Hall–Kier alpha value is -1.32. The van der Waals surface area contributed by atoms with E-state index in [-0.39, 0.29) is 30.9 Å². The topological polar surface area (TPSA) is 71.5 Å². The van der Waals surface area contributed by atoms with E-state index in [0.717, 1.165) is 10.5 Å². The number of ether oxygens (including phenoxy) is 3. The van der Waals surface area contributed by atoms with Crippen LogP contribution in [0.4, 0.5) is 5.69 Å². The van der Waals surface area contributed by atoms with E-state index in [9.17, 15) is 0 Å². The highest BCUT2D eigenvalue weighted by molar-refractivity contribution is 7.99. The van der Waals surface area contributed by atoms with Crippen LogP contribution in [0.1, 0.15) is 5.56 Å². The van der Waals surface area contributed by atoms with Crippen molar-refractivity contribution >= 4 is 65.5 Å². The number of aromatic nitrogens is 2. The van der Waals surface area contributed by atoms with Gasteiger partial charge in [-0.25, -0.2) is 4.98 Å². The Bertz CT molecular complexity index is 1030. The lowest BCUT2D eigenvalue weighted by Gasteiger charge is -2.30. The number of nitrogens with two attached hydrogens (primary N) is 1. The number of imidazole rings is 1. The van der Waals surface area contributed by atoms with Crippen LogP contribution in [-0.2, 0) is 21.8 Å². The number of benzene rings is 2. The summed E-state index contributed by atoms with van der Waals surface area (Å²) in [6.45, 7) is 0.859. The molecule has 2 aromatic carbocycles. The van der Waals surface area contributed by atoms with Crippen LogP contribution < -0.4 is 10.5 Å². The first-order valence-electron chi connectivity index (χ1n) is 9.28. The average molecular weight is 539 g/mol. The second kappa shape index (κ2) is 11.7. The highest BCUT2D eigenvalue weighted by Crippen LogP contribution is 2.41. The van der Waals surface area contributed by atoms with E-state index in [1.165, 1.54) is 0 Å². The third kappa shape index (κ3) is 5.97. The molecule has 0 aliphatic carbocycles. The maximum Gasteiger partial charge on any atom is 0.215 e. The molecule has 2 atom stereocenters. The molecule has 1 aliphatic rings. The molecule has 1 aromatic heterocycles. The van der Waals surface area contributed by atoms with E-state index in [1.54, 1.807) is 43.5 Å². The Morgan fingerprint density at radius 2 is 2.06 bits per heavy atom. The zero-order valence-electron chi connectivity index (χ0n) is 17.1. The van der Waals surface area contributed by atoms with Gasteiger partial charge in [0.25, 0.3) is 0 Å². The van der Waals surface area contributed by atoms with Crippen molar-refractivity contribution in [1.29, 1.82) is 0 Å². The number of halogens is 4. The first kappa shape index (κ1) is 26.9. The second-order valence-corrected chi connectivity index (χ2v) is 8.81. The summed E-state index contributed by atoms with van der Waals surface area (Å²) in [6, 6.07) is 11.1. The summed E-state index contributed by atoms with van der Waals surface area (Å²) < 4.78 is 19.9. The summed E-state index contributed by atoms with van der Waals surface area (Å²) in [7, 11) is 1.61. The third-order valence-corrected chi connectivity index (χ3v) is 6.47. The molecule has 2 heterocycles. The van der Waals surface area contributed by atoms with Gasteiger partial charge in [-0.3, -0.25) is 0 Å². The molecular weight excluding hydrogens is 516 g/mol. The molecule has 0 saturated carbocycles. The summed E-state index contributed by atoms with van der Waals surface area (Å²) in [6.07, 6.45) is 5.17. The smallest absolute Gasteiger partial charge is 0.215 e. The fraction of sp³-hybridized carbons (Fsp3) is 0.286. The molecule has 3 aromatic rings. The van der Waals surface area contributed by atoms with Crippen molar-refractivity contribution in [2.75, 3.05) is 25.2 Å². The normalized spacial score (nSPS) is 19.8. The predicted octanol–water partition coefficient (Wildman–Crippen LogP) is 5.69. The van der Waals surface area contributed by atoms with Crippen molar-refractivity contribution in [3.63, 3.8) is 0 Å². The van der Waals surface area contributed by atoms with Gasteiger partial charge >= 0.3 is 0 Å². The quantitative estimate of drug-likeness (QED) is 0.308. The fourth-order valence-corrected chi connectivity index (χ4v) is 4.80. The Balaban J connectivity index is 0.00000181. The summed E-state index contributed by atoms with van der Waals surface area (Å²) in [5.41, 5.74) is 7.25. The molecule has 1 saturated heterocycles. The van der Waals surface area contributed by atoms with Crippen LogP contribution in [0.2, 0.25) is 10.0 Å². The van der Waals surface area contributed by atoms with Gasteiger partial charge < -0.3 is 24.5 Å². The highest BCUT2D eigenvalue weighted by atomic mass is 35.5. The van der Waals surface area contributed by atoms with E-state index in [0.29, 0.717) is 40.4 Å². The predicted molar refractivity (Wildman–Crippen MR) is 134 cm³/mol. The standard InChI is InChI=1S/C21H21Cl2N3O3S.2ClH/c1-27-20-9-16(3-5-19(20)24)30-11-15-10-28-21(29-15,12-26-7-6-25-13-26)17-4-2-14(22)8-18(17)23;;/h2-9,13,15H,10-12,24H2,1H3;2*1H. The molecule has 0 bridgehead atoms. The lowest BCUT2D eigenvalue weighted by molar-refractivity contribution is -0.184. The zero-order chi connectivity index (χ0) is 21.1. The van der Waals surface area contributed by atoms with Crippen LogP contribution in [0.25, 0.3) is 0 Å². The molecule has 0 amide bonds. The number of rotatable bonds is 7. The number of hydrogen-bond donors (Lipinski definition) is 1. The molecule has 2 unspecified atom stereocenters. The van der Waals surface area contributed by atoms with Crippen molar-refractivity contribution in [3.05, 3.63) is 70.7 Å². The van der Waals surface area contributed by atoms with Gasteiger partial charge in [0.15, 0.2) is 0 Å². The van der Waals surface area contributed by atoms with Crippen LogP contribution >= 0.6 is 59.8 Å². The number of anilines is 1. The summed E-state index contributed by atoms with van der Waals surface area (Å²) >= 11 is 14.3. The maximum absolute atomic E-state index is 6.51. The lowest BCUT2D eigenvalue weighted by atomic mass is 10.1. The maximum atomic E-state index is 6.51. The molecule has 1 aliphatic heterocycles. The van der Waals surface area contributed by atoms with Crippen LogP contribution in [-0.4, -0.2) is 35.1 Å². The molecular formula is C21H23Cl4N3O3S. The largest absolute Gasteiger partial charge is 0.495 e. The Labute approximate surface area is 213 Å². The molecule has 2 N–H and O–H groups in total. The van der Waals surface area contributed by atoms with Gasteiger partial charge in [0.1, 0.15) is 5.75 Å². The van der Waals surface area contributed by atoms with Crippen molar-refractivity contribution in [2.24, 2.45) is 0 Å². The van der Waals surface area contributed by atoms with Crippen molar-refractivity contribution in [2.45, 2.75) is 23.3 Å². The first-order valence-corrected chi connectivity index (χ1v) is 11.0. The van der Waals surface area contributed by atoms with Crippen LogP contribution in [0.15, 0.2) is 60.0 Å². The number of nitrogens with zero attached hydrogens (tertiary/aromatic N) is 2. The molecule has 6 nitrogen and oxygen atoms in total. The van der Waals surface area contributed by atoms with Crippen molar-refractivity contribution in [3.8, 4) is 5.75 Å². The van der Waals surface area contributed by atoms with Crippen LogP contribution in [0.5, 0.6) is 5.75 Å². The number of thioether (sulfide) groups is 1. The van der Waals surface area contributed by atoms with Gasteiger partial charge in [-0.1, -0.05) is 29.3 Å². The monoisotopic (exact) mass is 537 g/mol. The first-order chi connectivity index (χ1) is 14.5. The van der Waals surface area contributed by atoms with E-state index in [4.69, 9.17) is 43.1 Å². The van der Waals surface area contributed by atoms with E-state index in [1.807, 2.05) is 35.0 Å². The van der Waals surface area contributed by atoms with E-state index >= 15 is 0 Å². The lowest BCUT2D eigenvalue weighted by Crippen LogP contribution is -2.34.